The summed E-state index contributed by atoms with van der Waals surface area (Å²) < 4.78 is 5.47. The monoisotopic (exact) mass is 316 g/mol. The SMILES string of the molecule is C=C1C(=O)O[C@H]2C/C(C)=C/CC/C(C)=C\CC[C@H](C)C(=O)C[C@@H]12. The van der Waals surface area contributed by atoms with Crippen LogP contribution >= 0.6 is 0 Å². The zero-order chi connectivity index (χ0) is 17.0. The Morgan fingerprint density at radius 2 is 1.78 bits per heavy atom. The van der Waals surface area contributed by atoms with Crippen molar-refractivity contribution in [1.29, 1.82) is 0 Å². The van der Waals surface area contributed by atoms with Gasteiger partial charge in [0.05, 0.1) is 0 Å². The van der Waals surface area contributed by atoms with Gasteiger partial charge in [-0.1, -0.05) is 36.8 Å². The molecule has 0 aromatic carbocycles. The van der Waals surface area contributed by atoms with Crippen LogP contribution in [0.15, 0.2) is 35.5 Å². The summed E-state index contributed by atoms with van der Waals surface area (Å²) in [6.07, 6.45) is 9.15. The van der Waals surface area contributed by atoms with E-state index in [4.69, 9.17) is 4.74 Å². The molecule has 0 saturated carbocycles. The molecule has 1 fully saturated rings. The standard InChI is InChI=1S/C20H28O3/c1-13-7-5-9-14(2)11-19-17(16(4)20(22)23-19)12-18(21)15(3)10-6-8-13/h8-9,15,17,19H,4-7,10-12H2,1-3H3/b13-8-,14-9+/t15-,17-,19-/m0/s1. The fourth-order valence-corrected chi connectivity index (χ4v) is 3.32. The largest absolute Gasteiger partial charge is 0.458 e. The van der Waals surface area contributed by atoms with Gasteiger partial charge in [-0.2, -0.15) is 0 Å². The van der Waals surface area contributed by atoms with Crippen LogP contribution in [0.4, 0.5) is 0 Å². The van der Waals surface area contributed by atoms with E-state index < -0.39 is 0 Å². The number of rotatable bonds is 0. The maximum absolute atomic E-state index is 12.5. The number of hydrogen-bond donors (Lipinski definition) is 0. The van der Waals surface area contributed by atoms with Gasteiger partial charge in [0.25, 0.3) is 0 Å². The minimum Gasteiger partial charge on any atom is -0.458 e. The second kappa shape index (κ2) is 7.76. The Balaban J connectivity index is 2.20. The number of carbonyl (C=O) groups is 2. The second-order valence-corrected chi connectivity index (χ2v) is 7.07. The van der Waals surface area contributed by atoms with E-state index >= 15 is 0 Å². The molecule has 0 aromatic rings. The third-order valence-electron chi connectivity index (χ3n) is 5.03. The van der Waals surface area contributed by atoms with Gasteiger partial charge in [0.1, 0.15) is 11.9 Å². The number of Topliss-reactive ketones (excluding diaryl/α,β-unsaturated/α-hetero) is 1. The molecular formula is C20H28O3. The average molecular weight is 316 g/mol. The van der Waals surface area contributed by atoms with Gasteiger partial charge in [0.15, 0.2) is 0 Å². The van der Waals surface area contributed by atoms with Crippen LogP contribution < -0.4 is 0 Å². The zero-order valence-electron chi connectivity index (χ0n) is 14.6. The number of esters is 1. The van der Waals surface area contributed by atoms with Crippen LogP contribution in [0.1, 0.15) is 59.3 Å². The van der Waals surface area contributed by atoms with Gasteiger partial charge in [0.2, 0.25) is 0 Å². The molecule has 0 unspecified atom stereocenters. The van der Waals surface area contributed by atoms with Gasteiger partial charge in [-0.05, 0) is 39.5 Å². The Labute approximate surface area is 139 Å². The van der Waals surface area contributed by atoms with E-state index in [9.17, 15) is 9.59 Å². The first-order valence-corrected chi connectivity index (χ1v) is 8.62. The van der Waals surface area contributed by atoms with Crippen molar-refractivity contribution in [3.63, 3.8) is 0 Å². The summed E-state index contributed by atoms with van der Waals surface area (Å²) in [4.78, 5) is 24.4. The third-order valence-corrected chi connectivity index (χ3v) is 5.03. The molecule has 0 amide bonds. The lowest BCUT2D eigenvalue weighted by molar-refractivity contribution is -0.139. The van der Waals surface area contributed by atoms with Crippen LogP contribution in [0.5, 0.6) is 0 Å². The lowest BCUT2D eigenvalue weighted by Gasteiger charge is -2.19. The highest BCUT2D eigenvalue weighted by molar-refractivity contribution is 5.92. The smallest absolute Gasteiger partial charge is 0.334 e. The summed E-state index contributed by atoms with van der Waals surface area (Å²) >= 11 is 0. The Morgan fingerprint density at radius 3 is 2.52 bits per heavy atom. The molecule has 3 nitrogen and oxygen atoms in total. The fourth-order valence-electron chi connectivity index (χ4n) is 3.32. The van der Waals surface area contributed by atoms with Gasteiger partial charge in [0, 0.05) is 30.3 Å². The van der Waals surface area contributed by atoms with E-state index in [1.54, 1.807) is 0 Å². The summed E-state index contributed by atoms with van der Waals surface area (Å²) in [5.74, 6) is -0.275. The van der Waals surface area contributed by atoms with Crippen molar-refractivity contribution in [2.75, 3.05) is 0 Å². The van der Waals surface area contributed by atoms with Gasteiger partial charge in [-0.3, -0.25) is 4.79 Å². The van der Waals surface area contributed by atoms with Crippen LogP contribution in [0, 0.1) is 11.8 Å². The summed E-state index contributed by atoms with van der Waals surface area (Å²) in [7, 11) is 0. The van der Waals surface area contributed by atoms with Crippen LogP contribution in [-0.4, -0.2) is 17.9 Å². The van der Waals surface area contributed by atoms with Gasteiger partial charge in [-0.25, -0.2) is 4.79 Å². The van der Waals surface area contributed by atoms with Crippen LogP contribution in [0.25, 0.3) is 0 Å². The summed E-state index contributed by atoms with van der Waals surface area (Å²) in [6, 6.07) is 0. The summed E-state index contributed by atoms with van der Waals surface area (Å²) in [6.45, 7) is 10.1. The number of ketones is 1. The molecule has 0 aromatic heterocycles. The highest BCUT2D eigenvalue weighted by atomic mass is 16.6. The van der Waals surface area contributed by atoms with Crippen molar-refractivity contribution >= 4 is 11.8 Å². The lowest BCUT2D eigenvalue weighted by atomic mass is 9.84. The molecule has 1 aliphatic heterocycles. The predicted octanol–water partition coefficient (Wildman–Crippen LogP) is 4.54. The fraction of sp³-hybridized carbons (Fsp3) is 0.600. The van der Waals surface area contributed by atoms with E-state index in [-0.39, 0.29) is 29.7 Å². The van der Waals surface area contributed by atoms with Gasteiger partial charge < -0.3 is 4.74 Å². The van der Waals surface area contributed by atoms with Crippen molar-refractivity contribution in [1.82, 2.24) is 0 Å². The molecule has 0 N–H and O–H groups in total. The van der Waals surface area contributed by atoms with E-state index in [2.05, 4.69) is 32.6 Å². The van der Waals surface area contributed by atoms with Crippen LogP contribution in [0.2, 0.25) is 0 Å². The molecule has 3 heteroatoms. The maximum Gasteiger partial charge on any atom is 0.334 e. The van der Waals surface area contributed by atoms with Crippen LogP contribution in [0.3, 0.4) is 0 Å². The van der Waals surface area contributed by atoms with E-state index in [0.29, 0.717) is 18.4 Å². The second-order valence-electron chi connectivity index (χ2n) is 7.07. The molecule has 1 heterocycles. The van der Waals surface area contributed by atoms with Crippen molar-refractivity contribution in [3.05, 3.63) is 35.5 Å². The Hall–Kier alpha value is -1.64. The Bertz CT molecular complexity index is 553. The third kappa shape index (κ3) is 4.66. The molecule has 0 radical (unpaired) electrons. The van der Waals surface area contributed by atoms with Crippen molar-refractivity contribution in [2.24, 2.45) is 11.8 Å². The van der Waals surface area contributed by atoms with E-state index in [1.807, 2.05) is 6.92 Å². The van der Waals surface area contributed by atoms with E-state index in [1.165, 1.54) is 11.1 Å². The highest BCUT2D eigenvalue weighted by Gasteiger charge is 2.40. The van der Waals surface area contributed by atoms with Gasteiger partial charge >= 0.3 is 5.97 Å². The number of carbonyl (C=O) groups excluding carboxylic acids is 2. The average Bonchev–Trinajstić information content (AvgIpc) is 2.73. The molecule has 1 aliphatic carbocycles. The minimum absolute atomic E-state index is 0.0165. The summed E-state index contributed by atoms with van der Waals surface area (Å²) in [5, 5.41) is 0. The molecule has 1 saturated heterocycles. The van der Waals surface area contributed by atoms with Gasteiger partial charge in [-0.15, -0.1) is 0 Å². The first-order chi connectivity index (χ1) is 10.9. The number of hydrogen-bond acceptors (Lipinski definition) is 3. The number of ether oxygens (including phenoxy) is 1. The normalized spacial score (nSPS) is 35.4. The minimum atomic E-state index is -0.338. The van der Waals surface area contributed by atoms with Crippen LogP contribution in [-0.2, 0) is 14.3 Å². The number of fused-ring (bicyclic) bond motifs is 1. The van der Waals surface area contributed by atoms with Crippen molar-refractivity contribution < 1.29 is 14.3 Å². The predicted molar refractivity (Wildman–Crippen MR) is 91.9 cm³/mol. The molecule has 2 aliphatic rings. The molecule has 3 atom stereocenters. The molecule has 23 heavy (non-hydrogen) atoms. The van der Waals surface area contributed by atoms with E-state index in [0.717, 1.165) is 25.7 Å². The molecule has 126 valence electrons. The quantitative estimate of drug-likeness (QED) is 0.374. The molecule has 0 spiro atoms. The molecule has 0 bridgehead atoms. The molecule has 2 rings (SSSR count). The lowest BCUT2D eigenvalue weighted by Crippen LogP contribution is -2.23. The Kier molecular flexibility index (Phi) is 5.97. The highest BCUT2D eigenvalue weighted by Crippen LogP contribution is 2.34. The zero-order valence-corrected chi connectivity index (χ0v) is 14.6. The Morgan fingerprint density at radius 1 is 1.09 bits per heavy atom. The topological polar surface area (TPSA) is 43.4 Å². The first-order valence-electron chi connectivity index (χ1n) is 8.62. The first kappa shape index (κ1) is 17.7. The molecular weight excluding hydrogens is 288 g/mol. The summed E-state index contributed by atoms with van der Waals surface area (Å²) in [5.41, 5.74) is 3.06. The van der Waals surface area contributed by atoms with Crippen molar-refractivity contribution in [3.8, 4) is 0 Å². The van der Waals surface area contributed by atoms with Crippen molar-refractivity contribution in [2.45, 2.75) is 65.4 Å². The maximum atomic E-state index is 12.5. The number of allylic oxidation sites excluding steroid dienone is 3.